The number of rotatable bonds is 15. The molecule has 1 rings (SSSR count). The van der Waals surface area contributed by atoms with Crippen molar-refractivity contribution in [1.29, 1.82) is 0 Å². The van der Waals surface area contributed by atoms with Crippen molar-refractivity contribution in [2.24, 2.45) is 28.1 Å². The van der Waals surface area contributed by atoms with Crippen LogP contribution in [0, 0.1) is 5.92 Å². The summed E-state index contributed by atoms with van der Waals surface area (Å²) in [6.45, 7) is 3.74. The summed E-state index contributed by atoms with van der Waals surface area (Å²) in [6, 6.07) is -4.30. The fourth-order valence-electron chi connectivity index (χ4n) is 2.90. The summed E-state index contributed by atoms with van der Waals surface area (Å²) in [5.41, 5.74) is 16.9. The van der Waals surface area contributed by atoms with Gasteiger partial charge in [0.25, 0.3) is 0 Å². The number of aliphatic imine (C=N–C) groups is 1. The Hall–Kier alpha value is -3.33. The molecule has 0 radical (unpaired) electrons. The lowest BCUT2D eigenvalue weighted by Crippen LogP contribution is -2.58. The topological polar surface area (TPSA) is 244 Å². The normalized spacial score (nSPS) is 14.3. The molecule has 1 aromatic heterocycles. The highest BCUT2D eigenvalue weighted by Gasteiger charge is 2.30. The van der Waals surface area contributed by atoms with E-state index in [1.807, 2.05) is 0 Å². The Morgan fingerprint density at radius 3 is 2.20 bits per heavy atom. The minimum atomic E-state index is -1.25. The zero-order valence-corrected chi connectivity index (χ0v) is 20.6. The van der Waals surface area contributed by atoms with E-state index in [1.54, 1.807) is 13.8 Å². The third-order valence-electron chi connectivity index (χ3n) is 5.01. The van der Waals surface area contributed by atoms with Crippen LogP contribution in [-0.2, 0) is 25.6 Å². The number of nitrogens with zero attached hydrogens (tertiary/aromatic N) is 2. The number of H-pyrrole nitrogens is 1. The number of carbonyl (C=O) groups excluding carboxylic acids is 3. The largest absolute Gasteiger partial charge is 0.480 e. The zero-order chi connectivity index (χ0) is 26.5. The Morgan fingerprint density at radius 1 is 1.09 bits per heavy atom. The zero-order valence-electron chi connectivity index (χ0n) is 19.7. The molecule has 0 fully saturated rings. The van der Waals surface area contributed by atoms with Crippen molar-refractivity contribution in [2.45, 2.75) is 57.3 Å². The molecule has 0 aromatic carbocycles. The fraction of sp³-hybridized carbons (Fsp3) is 0.600. The number of carbonyl (C=O) groups is 4. The molecule has 35 heavy (non-hydrogen) atoms. The van der Waals surface area contributed by atoms with Crippen LogP contribution in [0.1, 0.15) is 32.4 Å². The van der Waals surface area contributed by atoms with Gasteiger partial charge in [-0.2, -0.15) is 12.6 Å². The summed E-state index contributed by atoms with van der Waals surface area (Å²) in [5.74, 6) is -3.59. The Labute approximate surface area is 208 Å². The SMILES string of the molecule is CC(C)C(N)C(=O)NC(Cc1cnc[nH]1)C(=O)NC(CS)C(=O)NC(CCCN=C(N)N)C(=O)O. The van der Waals surface area contributed by atoms with E-state index in [0.717, 1.165) is 0 Å². The van der Waals surface area contributed by atoms with Gasteiger partial charge >= 0.3 is 5.97 Å². The fourth-order valence-corrected chi connectivity index (χ4v) is 3.15. The molecule has 1 aromatic rings. The van der Waals surface area contributed by atoms with Crippen molar-refractivity contribution in [3.8, 4) is 0 Å². The second kappa shape index (κ2) is 14.8. The number of carboxylic acid groups (broad SMARTS) is 1. The van der Waals surface area contributed by atoms with Crippen LogP contribution in [0.2, 0.25) is 0 Å². The lowest BCUT2D eigenvalue weighted by atomic mass is 10.0. The Morgan fingerprint density at radius 2 is 1.69 bits per heavy atom. The molecule has 0 saturated heterocycles. The minimum absolute atomic E-state index is 0.0614. The molecule has 3 amide bonds. The predicted molar refractivity (Wildman–Crippen MR) is 132 cm³/mol. The van der Waals surface area contributed by atoms with Crippen LogP contribution in [0.4, 0.5) is 0 Å². The summed E-state index contributed by atoms with van der Waals surface area (Å²) in [5, 5.41) is 16.9. The van der Waals surface area contributed by atoms with Gasteiger partial charge in [0.15, 0.2) is 5.96 Å². The van der Waals surface area contributed by atoms with E-state index in [9.17, 15) is 24.3 Å². The molecule has 0 bridgehead atoms. The third kappa shape index (κ3) is 10.6. The lowest BCUT2D eigenvalue weighted by molar-refractivity contribution is -0.142. The lowest BCUT2D eigenvalue weighted by Gasteiger charge is -2.25. The van der Waals surface area contributed by atoms with E-state index in [2.05, 4.69) is 43.5 Å². The molecule has 0 aliphatic rings. The Bertz CT molecular complexity index is 874. The first-order valence-electron chi connectivity index (χ1n) is 11.0. The van der Waals surface area contributed by atoms with E-state index in [1.165, 1.54) is 12.5 Å². The summed E-state index contributed by atoms with van der Waals surface area (Å²) >= 11 is 4.11. The number of amides is 3. The molecule has 0 aliphatic heterocycles. The van der Waals surface area contributed by atoms with Crippen LogP contribution in [-0.4, -0.2) is 81.2 Å². The first-order chi connectivity index (χ1) is 16.5. The standard InChI is InChI=1S/C20H35N9O5S/c1-10(2)15(21)18(32)28-13(6-11-7-24-9-26-11)16(30)29-14(8-35)17(31)27-12(19(33)34)4-3-5-25-20(22)23/h7,9-10,12-15,35H,3-6,8,21H2,1-2H3,(H,24,26)(H,27,31)(H,28,32)(H,29,30)(H,33,34)(H4,22,23,25). The maximum absolute atomic E-state index is 13.0. The molecule has 15 heteroatoms. The monoisotopic (exact) mass is 513 g/mol. The highest BCUT2D eigenvalue weighted by Crippen LogP contribution is 2.05. The van der Waals surface area contributed by atoms with Crippen molar-refractivity contribution < 1.29 is 24.3 Å². The van der Waals surface area contributed by atoms with E-state index < -0.39 is 47.9 Å². The molecular weight excluding hydrogens is 478 g/mol. The highest BCUT2D eigenvalue weighted by molar-refractivity contribution is 7.80. The quantitative estimate of drug-likeness (QED) is 0.0518. The molecule has 4 atom stereocenters. The van der Waals surface area contributed by atoms with Crippen molar-refractivity contribution in [3.63, 3.8) is 0 Å². The smallest absolute Gasteiger partial charge is 0.326 e. The first-order valence-corrected chi connectivity index (χ1v) is 11.6. The Balaban J connectivity index is 2.87. The second-order valence-corrected chi connectivity index (χ2v) is 8.57. The van der Waals surface area contributed by atoms with Crippen LogP contribution in [0.15, 0.2) is 17.5 Å². The van der Waals surface area contributed by atoms with Gasteiger partial charge in [-0.25, -0.2) is 9.78 Å². The number of aliphatic carboxylic acids is 1. The van der Waals surface area contributed by atoms with Crippen molar-refractivity contribution in [2.75, 3.05) is 12.3 Å². The average molecular weight is 514 g/mol. The van der Waals surface area contributed by atoms with Crippen molar-refractivity contribution >= 4 is 42.3 Å². The molecule has 11 N–H and O–H groups in total. The number of aromatic nitrogens is 2. The number of aromatic amines is 1. The Kier molecular flexibility index (Phi) is 12.6. The number of thiol groups is 1. The van der Waals surface area contributed by atoms with Crippen LogP contribution >= 0.6 is 12.6 Å². The summed E-state index contributed by atoms with van der Waals surface area (Å²) in [7, 11) is 0. The van der Waals surface area contributed by atoms with Crippen LogP contribution in [0.25, 0.3) is 0 Å². The van der Waals surface area contributed by atoms with Gasteiger partial charge in [-0.1, -0.05) is 13.8 Å². The molecule has 0 saturated carbocycles. The number of imidazole rings is 1. The maximum Gasteiger partial charge on any atom is 0.326 e. The molecule has 1 heterocycles. The molecule has 0 spiro atoms. The summed E-state index contributed by atoms with van der Waals surface area (Å²) < 4.78 is 0. The summed E-state index contributed by atoms with van der Waals surface area (Å²) in [6.07, 6.45) is 3.36. The van der Waals surface area contributed by atoms with Gasteiger partial charge in [0.05, 0.1) is 12.4 Å². The average Bonchev–Trinajstić information content (AvgIpc) is 3.30. The number of guanidine groups is 1. The van der Waals surface area contributed by atoms with Crippen LogP contribution < -0.4 is 33.2 Å². The van der Waals surface area contributed by atoms with Crippen molar-refractivity contribution in [3.05, 3.63) is 18.2 Å². The van der Waals surface area contributed by atoms with E-state index in [-0.39, 0.29) is 37.0 Å². The van der Waals surface area contributed by atoms with Crippen LogP contribution in [0.5, 0.6) is 0 Å². The number of carboxylic acids is 1. The number of nitrogens with one attached hydrogen (secondary N) is 4. The van der Waals surface area contributed by atoms with E-state index in [0.29, 0.717) is 12.1 Å². The van der Waals surface area contributed by atoms with Gasteiger partial charge in [-0.15, -0.1) is 0 Å². The van der Waals surface area contributed by atoms with Gasteiger partial charge in [0.2, 0.25) is 17.7 Å². The molecule has 14 nitrogen and oxygen atoms in total. The number of hydrogen-bond acceptors (Lipinski definition) is 8. The third-order valence-corrected chi connectivity index (χ3v) is 5.37. The number of nitrogens with two attached hydrogens (primary N) is 3. The van der Waals surface area contributed by atoms with Gasteiger partial charge in [0.1, 0.15) is 18.1 Å². The van der Waals surface area contributed by atoms with E-state index in [4.69, 9.17) is 17.2 Å². The van der Waals surface area contributed by atoms with Gasteiger partial charge in [-0.05, 0) is 18.8 Å². The highest BCUT2D eigenvalue weighted by atomic mass is 32.1. The molecule has 196 valence electrons. The van der Waals surface area contributed by atoms with Gasteiger partial charge in [-0.3, -0.25) is 19.4 Å². The van der Waals surface area contributed by atoms with Crippen LogP contribution in [0.3, 0.4) is 0 Å². The second-order valence-electron chi connectivity index (χ2n) is 8.20. The van der Waals surface area contributed by atoms with Gasteiger partial charge < -0.3 is 43.2 Å². The molecular formula is C20H35N9O5S. The first kappa shape index (κ1) is 29.7. The predicted octanol–water partition coefficient (Wildman–Crippen LogP) is -2.54. The number of hydrogen-bond donors (Lipinski definition) is 9. The minimum Gasteiger partial charge on any atom is -0.480 e. The summed E-state index contributed by atoms with van der Waals surface area (Å²) in [4.78, 5) is 60.2. The molecule has 0 aliphatic carbocycles. The molecule has 4 unspecified atom stereocenters. The van der Waals surface area contributed by atoms with Gasteiger partial charge in [0, 0.05) is 30.6 Å². The van der Waals surface area contributed by atoms with E-state index >= 15 is 0 Å². The maximum atomic E-state index is 13.0. The van der Waals surface area contributed by atoms with Crippen molar-refractivity contribution in [1.82, 2.24) is 25.9 Å².